The van der Waals surface area contributed by atoms with E-state index < -0.39 is 16.8 Å². The molecule has 0 bridgehead atoms. The minimum absolute atomic E-state index is 0.0724. The summed E-state index contributed by atoms with van der Waals surface area (Å²) >= 11 is 0. The van der Waals surface area contributed by atoms with Gasteiger partial charge in [-0.15, -0.1) is 0 Å². The van der Waals surface area contributed by atoms with E-state index in [1.165, 1.54) is 16.9 Å². The molecule has 0 aliphatic heterocycles. The van der Waals surface area contributed by atoms with Crippen molar-refractivity contribution >= 4 is 11.5 Å². The van der Waals surface area contributed by atoms with Gasteiger partial charge in [0.05, 0.1) is 17.2 Å². The van der Waals surface area contributed by atoms with Crippen molar-refractivity contribution in [3.05, 3.63) is 46.2 Å². The lowest BCUT2D eigenvalue weighted by atomic mass is 10.1. The van der Waals surface area contributed by atoms with Crippen molar-refractivity contribution in [2.45, 2.75) is 13.0 Å². The van der Waals surface area contributed by atoms with Crippen LogP contribution in [0.2, 0.25) is 0 Å². The van der Waals surface area contributed by atoms with Crippen molar-refractivity contribution in [1.82, 2.24) is 14.8 Å². The molecule has 18 heavy (non-hydrogen) atoms. The molecule has 1 unspecified atom stereocenters. The maximum atomic E-state index is 13.0. The van der Waals surface area contributed by atoms with Gasteiger partial charge in [0.2, 0.25) is 5.82 Å². The first-order valence-electron chi connectivity index (χ1n) is 5.08. The molecular formula is C10H10FN5O2. The van der Waals surface area contributed by atoms with Gasteiger partial charge in [0.1, 0.15) is 12.0 Å². The summed E-state index contributed by atoms with van der Waals surface area (Å²) in [6.07, 6.45) is 3.60. The Labute approximate surface area is 101 Å². The second-order valence-electron chi connectivity index (χ2n) is 3.73. The number of rotatable bonds is 3. The zero-order chi connectivity index (χ0) is 13.3. The first-order chi connectivity index (χ1) is 8.50. The fourth-order valence-corrected chi connectivity index (χ4v) is 1.61. The van der Waals surface area contributed by atoms with Gasteiger partial charge in [0.15, 0.2) is 0 Å². The normalized spacial score (nSPS) is 12.3. The van der Waals surface area contributed by atoms with E-state index in [2.05, 4.69) is 10.1 Å². The van der Waals surface area contributed by atoms with Crippen molar-refractivity contribution in [3.63, 3.8) is 0 Å². The van der Waals surface area contributed by atoms with E-state index in [0.717, 1.165) is 12.4 Å². The highest BCUT2D eigenvalue weighted by atomic mass is 19.1. The SMILES string of the molecule is CC(c1cncc(F)c1)n1ncc([N+](=O)[O-])c1N. The van der Waals surface area contributed by atoms with Gasteiger partial charge in [-0.25, -0.2) is 9.07 Å². The molecule has 0 aromatic carbocycles. The van der Waals surface area contributed by atoms with Crippen LogP contribution in [-0.4, -0.2) is 19.7 Å². The maximum Gasteiger partial charge on any atom is 0.330 e. The number of hydrogen-bond donors (Lipinski definition) is 1. The molecule has 2 aromatic rings. The van der Waals surface area contributed by atoms with Gasteiger partial charge >= 0.3 is 5.69 Å². The average molecular weight is 251 g/mol. The molecule has 0 aliphatic carbocycles. The molecule has 0 amide bonds. The van der Waals surface area contributed by atoms with Crippen LogP contribution in [0, 0.1) is 15.9 Å². The molecule has 8 heteroatoms. The van der Waals surface area contributed by atoms with Crippen LogP contribution >= 0.6 is 0 Å². The lowest BCUT2D eigenvalue weighted by Crippen LogP contribution is -2.12. The van der Waals surface area contributed by atoms with Crippen molar-refractivity contribution in [1.29, 1.82) is 0 Å². The number of nitrogens with two attached hydrogens (primary N) is 1. The summed E-state index contributed by atoms with van der Waals surface area (Å²) in [4.78, 5) is 13.7. The van der Waals surface area contributed by atoms with Crippen LogP contribution in [0.5, 0.6) is 0 Å². The summed E-state index contributed by atoms with van der Waals surface area (Å²) in [6.45, 7) is 1.70. The molecule has 0 spiro atoms. The molecule has 0 saturated heterocycles. The summed E-state index contributed by atoms with van der Waals surface area (Å²) in [5.41, 5.74) is 5.88. The topological polar surface area (TPSA) is 99.9 Å². The molecule has 2 aromatic heterocycles. The van der Waals surface area contributed by atoms with Crippen molar-refractivity contribution in [2.24, 2.45) is 0 Å². The van der Waals surface area contributed by atoms with Crippen molar-refractivity contribution in [3.8, 4) is 0 Å². The number of anilines is 1. The zero-order valence-electron chi connectivity index (χ0n) is 9.45. The molecule has 2 rings (SSSR count). The van der Waals surface area contributed by atoms with Gasteiger partial charge in [0.25, 0.3) is 0 Å². The third-order valence-corrected chi connectivity index (χ3v) is 2.59. The number of pyridine rings is 1. The molecule has 2 N–H and O–H groups in total. The summed E-state index contributed by atoms with van der Waals surface area (Å²) in [5, 5.41) is 14.5. The van der Waals surface area contributed by atoms with Crippen LogP contribution in [0.3, 0.4) is 0 Å². The third-order valence-electron chi connectivity index (χ3n) is 2.59. The smallest absolute Gasteiger partial charge is 0.330 e. The monoisotopic (exact) mass is 251 g/mol. The molecule has 0 fully saturated rings. The average Bonchev–Trinajstić information content (AvgIpc) is 2.70. The number of nitrogens with zero attached hydrogens (tertiary/aromatic N) is 4. The third kappa shape index (κ3) is 1.99. The van der Waals surface area contributed by atoms with Crippen LogP contribution in [-0.2, 0) is 0 Å². The maximum absolute atomic E-state index is 13.0. The van der Waals surface area contributed by atoms with E-state index in [9.17, 15) is 14.5 Å². The predicted molar refractivity (Wildman–Crippen MR) is 61.3 cm³/mol. The quantitative estimate of drug-likeness (QED) is 0.658. The van der Waals surface area contributed by atoms with E-state index >= 15 is 0 Å². The van der Waals surface area contributed by atoms with Gasteiger partial charge in [0, 0.05) is 6.20 Å². The fourth-order valence-electron chi connectivity index (χ4n) is 1.61. The van der Waals surface area contributed by atoms with Crippen LogP contribution in [0.15, 0.2) is 24.7 Å². The Morgan fingerprint density at radius 2 is 2.22 bits per heavy atom. The summed E-state index contributed by atoms with van der Waals surface area (Å²) in [5.74, 6) is -0.559. The molecule has 0 aliphatic rings. The minimum atomic E-state index is -0.616. The Morgan fingerprint density at radius 1 is 1.50 bits per heavy atom. The van der Waals surface area contributed by atoms with E-state index in [0.29, 0.717) is 5.56 Å². The van der Waals surface area contributed by atoms with Gasteiger partial charge < -0.3 is 5.73 Å². The Morgan fingerprint density at radius 3 is 2.78 bits per heavy atom. The molecule has 7 nitrogen and oxygen atoms in total. The number of nitro groups is 1. The van der Waals surface area contributed by atoms with Gasteiger partial charge in [-0.2, -0.15) is 5.10 Å². The summed E-state index contributed by atoms with van der Waals surface area (Å²) in [7, 11) is 0. The van der Waals surface area contributed by atoms with Crippen LogP contribution in [0.4, 0.5) is 15.9 Å². The number of aromatic nitrogens is 3. The van der Waals surface area contributed by atoms with Crippen LogP contribution in [0.1, 0.15) is 18.5 Å². The zero-order valence-corrected chi connectivity index (χ0v) is 9.45. The standard InChI is InChI=1S/C10H10FN5O2/c1-6(7-2-8(11)4-13-3-7)15-10(12)9(5-14-15)16(17)18/h2-6H,12H2,1H3. The van der Waals surface area contributed by atoms with Crippen molar-refractivity contribution < 1.29 is 9.31 Å². The molecule has 2 heterocycles. The highest BCUT2D eigenvalue weighted by Gasteiger charge is 2.21. The van der Waals surface area contributed by atoms with Gasteiger partial charge in [-0.05, 0) is 18.6 Å². The van der Waals surface area contributed by atoms with Crippen LogP contribution < -0.4 is 5.73 Å². The molecule has 0 saturated carbocycles. The largest absolute Gasteiger partial charge is 0.378 e. The molecule has 0 radical (unpaired) electrons. The Kier molecular flexibility index (Phi) is 2.92. The first-order valence-corrected chi connectivity index (χ1v) is 5.08. The van der Waals surface area contributed by atoms with Gasteiger partial charge in [-0.3, -0.25) is 15.1 Å². The number of hydrogen-bond acceptors (Lipinski definition) is 5. The lowest BCUT2D eigenvalue weighted by Gasteiger charge is -2.13. The first kappa shape index (κ1) is 12.0. The second-order valence-corrected chi connectivity index (χ2v) is 3.73. The predicted octanol–water partition coefficient (Wildman–Crippen LogP) is 1.52. The highest BCUT2D eigenvalue weighted by Crippen LogP contribution is 2.26. The Hall–Kier alpha value is -2.51. The molecular weight excluding hydrogens is 241 g/mol. The Bertz CT molecular complexity index is 598. The summed E-state index contributed by atoms with van der Waals surface area (Å²) in [6, 6.07) is 0.840. The van der Waals surface area contributed by atoms with Crippen molar-refractivity contribution in [2.75, 3.05) is 5.73 Å². The summed E-state index contributed by atoms with van der Waals surface area (Å²) < 4.78 is 14.3. The van der Waals surface area contributed by atoms with E-state index in [4.69, 9.17) is 5.73 Å². The Balaban J connectivity index is 2.40. The minimum Gasteiger partial charge on any atom is -0.378 e. The molecule has 1 atom stereocenters. The number of halogens is 1. The van der Waals surface area contributed by atoms with E-state index in [1.807, 2.05) is 0 Å². The highest BCUT2D eigenvalue weighted by molar-refractivity contribution is 5.52. The number of nitrogen functional groups attached to an aromatic ring is 1. The second kappa shape index (κ2) is 4.40. The van der Waals surface area contributed by atoms with E-state index in [1.54, 1.807) is 6.92 Å². The molecule has 94 valence electrons. The van der Waals surface area contributed by atoms with Gasteiger partial charge in [-0.1, -0.05) is 0 Å². The van der Waals surface area contributed by atoms with E-state index in [-0.39, 0.29) is 11.5 Å². The van der Waals surface area contributed by atoms with Crippen LogP contribution in [0.25, 0.3) is 0 Å². The fraction of sp³-hybridized carbons (Fsp3) is 0.200. The lowest BCUT2D eigenvalue weighted by molar-refractivity contribution is -0.384.